The molecule has 4 nitrogen and oxygen atoms in total. The molecule has 1 aliphatic rings. The van der Waals surface area contributed by atoms with Gasteiger partial charge in [-0.2, -0.15) is 0 Å². The zero-order valence-corrected chi connectivity index (χ0v) is 10.6. The Bertz CT molecular complexity index is 494. The second-order valence-electron chi connectivity index (χ2n) is 4.43. The molecule has 0 aliphatic heterocycles. The lowest BCUT2D eigenvalue weighted by atomic mass is 10.2. The van der Waals surface area contributed by atoms with Gasteiger partial charge in [-0.25, -0.2) is 8.42 Å². The van der Waals surface area contributed by atoms with E-state index in [4.69, 9.17) is 10.5 Å². The van der Waals surface area contributed by atoms with Crippen molar-refractivity contribution in [3.8, 4) is 5.75 Å². The Hall–Kier alpha value is -1.07. The molecule has 0 amide bonds. The molecule has 17 heavy (non-hydrogen) atoms. The van der Waals surface area contributed by atoms with Crippen LogP contribution in [-0.2, 0) is 9.84 Å². The minimum Gasteiger partial charge on any atom is -0.495 e. The Kier molecular flexibility index (Phi) is 3.40. The normalized spacial score (nSPS) is 17.8. The Morgan fingerprint density at radius 2 is 2.06 bits per heavy atom. The maximum Gasteiger partial charge on any atom is 0.183 e. The van der Waals surface area contributed by atoms with E-state index in [1.54, 1.807) is 24.3 Å². The van der Waals surface area contributed by atoms with Crippen molar-refractivity contribution in [3.05, 3.63) is 24.3 Å². The monoisotopic (exact) mass is 255 g/mol. The summed E-state index contributed by atoms with van der Waals surface area (Å²) in [5.41, 5.74) is 5.87. The van der Waals surface area contributed by atoms with Gasteiger partial charge >= 0.3 is 0 Å². The van der Waals surface area contributed by atoms with Crippen LogP contribution in [0.15, 0.2) is 29.2 Å². The van der Waals surface area contributed by atoms with Crippen LogP contribution < -0.4 is 10.5 Å². The van der Waals surface area contributed by atoms with Crippen molar-refractivity contribution in [2.45, 2.75) is 23.8 Å². The van der Waals surface area contributed by atoms with Gasteiger partial charge in [0.05, 0.1) is 12.9 Å². The topological polar surface area (TPSA) is 69.4 Å². The Morgan fingerprint density at radius 3 is 2.65 bits per heavy atom. The fraction of sp³-hybridized carbons (Fsp3) is 0.500. The fourth-order valence-electron chi connectivity index (χ4n) is 1.88. The van der Waals surface area contributed by atoms with Crippen LogP contribution in [0.3, 0.4) is 0 Å². The van der Waals surface area contributed by atoms with Gasteiger partial charge in [0.2, 0.25) is 0 Å². The molecule has 1 aromatic rings. The standard InChI is InChI=1S/C12H17NO3S/c1-16-11-4-2-3-5-12(11)17(14,15)8-10(13)9-6-7-9/h2-5,9-10H,6-8,13H2,1H3. The van der Waals surface area contributed by atoms with Crippen LogP contribution in [0.25, 0.3) is 0 Å². The number of rotatable bonds is 5. The molecule has 0 aromatic heterocycles. The number of nitrogens with two attached hydrogens (primary N) is 1. The molecule has 0 heterocycles. The summed E-state index contributed by atoms with van der Waals surface area (Å²) in [7, 11) is -1.89. The van der Waals surface area contributed by atoms with Gasteiger partial charge in [0.15, 0.2) is 9.84 Å². The molecular weight excluding hydrogens is 238 g/mol. The maximum atomic E-state index is 12.2. The molecular formula is C12H17NO3S. The van der Waals surface area contributed by atoms with Crippen molar-refractivity contribution in [2.24, 2.45) is 11.7 Å². The van der Waals surface area contributed by atoms with Crippen molar-refractivity contribution in [1.29, 1.82) is 0 Å². The summed E-state index contributed by atoms with van der Waals surface area (Å²) in [6.07, 6.45) is 2.09. The first-order valence-corrected chi connectivity index (χ1v) is 7.31. The van der Waals surface area contributed by atoms with Gasteiger partial charge in [-0.05, 0) is 30.9 Å². The molecule has 2 N–H and O–H groups in total. The summed E-state index contributed by atoms with van der Waals surface area (Å²) in [6.45, 7) is 0. The van der Waals surface area contributed by atoms with Gasteiger partial charge in [0.25, 0.3) is 0 Å². The van der Waals surface area contributed by atoms with Gasteiger partial charge in [-0.1, -0.05) is 12.1 Å². The smallest absolute Gasteiger partial charge is 0.183 e. The van der Waals surface area contributed by atoms with E-state index in [1.807, 2.05) is 0 Å². The summed E-state index contributed by atoms with van der Waals surface area (Å²) >= 11 is 0. The van der Waals surface area contributed by atoms with Crippen LogP contribution >= 0.6 is 0 Å². The highest BCUT2D eigenvalue weighted by molar-refractivity contribution is 7.91. The van der Waals surface area contributed by atoms with E-state index in [2.05, 4.69) is 0 Å². The summed E-state index contributed by atoms with van der Waals surface area (Å²) in [5, 5.41) is 0. The number of hydrogen-bond donors (Lipinski definition) is 1. The van der Waals surface area contributed by atoms with Crippen LogP contribution in [0.4, 0.5) is 0 Å². The number of benzene rings is 1. The number of sulfone groups is 1. The zero-order chi connectivity index (χ0) is 12.5. The third-order valence-electron chi connectivity index (χ3n) is 3.04. The minimum atomic E-state index is -3.36. The molecule has 1 atom stereocenters. The van der Waals surface area contributed by atoms with Gasteiger partial charge in [0, 0.05) is 6.04 Å². The predicted octanol–water partition coefficient (Wildman–Crippen LogP) is 1.21. The second-order valence-corrected chi connectivity index (χ2v) is 6.44. The quantitative estimate of drug-likeness (QED) is 0.858. The van der Waals surface area contributed by atoms with Gasteiger partial charge in [0.1, 0.15) is 10.6 Å². The highest BCUT2D eigenvalue weighted by Crippen LogP contribution is 2.33. The molecule has 0 spiro atoms. The molecule has 0 radical (unpaired) electrons. The summed E-state index contributed by atoms with van der Waals surface area (Å²) in [6, 6.07) is 6.39. The molecule has 1 aliphatic carbocycles. The third kappa shape index (κ3) is 2.79. The highest BCUT2D eigenvalue weighted by atomic mass is 32.2. The van der Waals surface area contributed by atoms with Crippen LogP contribution in [-0.4, -0.2) is 27.3 Å². The van der Waals surface area contributed by atoms with E-state index in [-0.39, 0.29) is 16.7 Å². The SMILES string of the molecule is COc1ccccc1S(=O)(=O)CC(N)C1CC1. The number of para-hydroxylation sites is 1. The molecule has 1 saturated carbocycles. The largest absolute Gasteiger partial charge is 0.495 e. The van der Waals surface area contributed by atoms with E-state index in [1.165, 1.54) is 7.11 Å². The number of hydrogen-bond acceptors (Lipinski definition) is 4. The van der Waals surface area contributed by atoms with Gasteiger partial charge in [-0.3, -0.25) is 0 Å². The Morgan fingerprint density at radius 1 is 1.41 bits per heavy atom. The summed E-state index contributed by atoms with van der Waals surface area (Å²) < 4.78 is 29.5. The highest BCUT2D eigenvalue weighted by Gasteiger charge is 2.33. The molecule has 0 saturated heterocycles. The lowest BCUT2D eigenvalue weighted by Gasteiger charge is -2.13. The molecule has 1 aromatic carbocycles. The predicted molar refractivity (Wildman–Crippen MR) is 65.7 cm³/mol. The van der Waals surface area contributed by atoms with E-state index in [0.717, 1.165) is 12.8 Å². The molecule has 5 heteroatoms. The zero-order valence-electron chi connectivity index (χ0n) is 9.80. The fourth-order valence-corrected chi connectivity index (χ4v) is 3.58. The van der Waals surface area contributed by atoms with Crippen LogP contribution in [0, 0.1) is 5.92 Å². The third-order valence-corrected chi connectivity index (χ3v) is 4.87. The summed E-state index contributed by atoms with van der Waals surface area (Å²) in [5.74, 6) is 0.757. The first-order chi connectivity index (χ1) is 8.04. The number of methoxy groups -OCH3 is 1. The molecule has 94 valence electrons. The van der Waals surface area contributed by atoms with Crippen molar-refractivity contribution < 1.29 is 13.2 Å². The second kappa shape index (κ2) is 4.66. The first kappa shape index (κ1) is 12.4. The van der Waals surface area contributed by atoms with Crippen LogP contribution in [0.1, 0.15) is 12.8 Å². The molecule has 0 bridgehead atoms. The first-order valence-electron chi connectivity index (χ1n) is 5.66. The maximum absolute atomic E-state index is 12.2. The van der Waals surface area contributed by atoms with E-state index < -0.39 is 9.84 Å². The molecule has 2 rings (SSSR count). The Balaban J connectivity index is 2.24. The minimum absolute atomic E-state index is 0.00194. The average molecular weight is 255 g/mol. The van der Waals surface area contributed by atoms with Gasteiger partial charge in [-0.15, -0.1) is 0 Å². The van der Waals surface area contributed by atoms with Crippen LogP contribution in [0.2, 0.25) is 0 Å². The van der Waals surface area contributed by atoms with Crippen molar-refractivity contribution in [2.75, 3.05) is 12.9 Å². The molecule has 1 unspecified atom stereocenters. The Labute approximate surface area is 102 Å². The van der Waals surface area contributed by atoms with E-state index in [0.29, 0.717) is 11.7 Å². The summed E-state index contributed by atoms with van der Waals surface area (Å²) in [4.78, 5) is 0.235. The van der Waals surface area contributed by atoms with Crippen LogP contribution in [0.5, 0.6) is 5.75 Å². The van der Waals surface area contributed by atoms with Gasteiger partial charge < -0.3 is 10.5 Å². The van der Waals surface area contributed by atoms with Crippen molar-refractivity contribution in [1.82, 2.24) is 0 Å². The van der Waals surface area contributed by atoms with Crippen molar-refractivity contribution >= 4 is 9.84 Å². The molecule has 1 fully saturated rings. The van der Waals surface area contributed by atoms with Crippen molar-refractivity contribution in [3.63, 3.8) is 0 Å². The number of ether oxygens (including phenoxy) is 1. The van der Waals surface area contributed by atoms with E-state index in [9.17, 15) is 8.42 Å². The lowest BCUT2D eigenvalue weighted by molar-refractivity contribution is 0.402. The average Bonchev–Trinajstić information content (AvgIpc) is 3.12. The lowest BCUT2D eigenvalue weighted by Crippen LogP contribution is -2.31. The van der Waals surface area contributed by atoms with E-state index >= 15 is 0 Å².